The van der Waals surface area contributed by atoms with E-state index in [0.717, 1.165) is 16.1 Å². The highest BCUT2D eigenvalue weighted by Crippen LogP contribution is 2.28. The number of sulfonamides is 1. The van der Waals surface area contributed by atoms with Crippen LogP contribution in [0.4, 0.5) is 5.69 Å². The van der Waals surface area contributed by atoms with Crippen molar-refractivity contribution in [2.24, 2.45) is 0 Å². The fourth-order valence-corrected chi connectivity index (χ4v) is 3.57. The second kappa shape index (κ2) is 8.82. The zero-order valence-electron chi connectivity index (χ0n) is 15.1. The Morgan fingerprint density at radius 2 is 1.78 bits per heavy atom. The molecule has 146 valence electrons. The van der Waals surface area contributed by atoms with E-state index in [9.17, 15) is 13.2 Å². The van der Waals surface area contributed by atoms with Crippen LogP contribution in [0.25, 0.3) is 0 Å². The van der Waals surface area contributed by atoms with Gasteiger partial charge in [-0.25, -0.2) is 8.42 Å². The minimum absolute atomic E-state index is 0.204. The molecule has 0 heterocycles. The molecule has 9 heteroatoms. The zero-order chi connectivity index (χ0) is 20.2. The minimum Gasteiger partial charge on any atom is -0.497 e. The van der Waals surface area contributed by atoms with E-state index in [1.807, 2.05) is 19.1 Å². The molecule has 27 heavy (non-hydrogen) atoms. The smallest absolute Gasteiger partial charge is 0.241 e. The highest BCUT2D eigenvalue weighted by Gasteiger charge is 2.22. The summed E-state index contributed by atoms with van der Waals surface area (Å²) in [7, 11) is -2.13. The van der Waals surface area contributed by atoms with Crippen molar-refractivity contribution >= 4 is 44.8 Å². The first-order valence-corrected chi connectivity index (χ1v) is 10.6. The summed E-state index contributed by atoms with van der Waals surface area (Å²) in [5.41, 5.74) is 1.13. The molecule has 0 saturated carbocycles. The molecule has 6 nitrogen and oxygen atoms in total. The van der Waals surface area contributed by atoms with E-state index >= 15 is 0 Å². The third-order valence-electron chi connectivity index (χ3n) is 3.87. The maximum absolute atomic E-state index is 12.4. The van der Waals surface area contributed by atoms with Crippen LogP contribution in [0.1, 0.15) is 18.5 Å². The topological polar surface area (TPSA) is 75.7 Å². The standard InChI is InChI=1S/C18H20Cl2N2O4S/c1-12(13-4-7-15(26-2)8-5-13)21-18(23)11-22(27(3,24)25)14-6-9-16(19)17(20)10-14/h4-10,12H,11H2,1-3H3,(H,21,23). The predicted octanol–water partition coefficient (Wildman–Crippen LogP) is 3.65. The number of amides is 1. The number of benzene rings is 2. The molecular weight excluding hydrogens is 411 g/mol. The zero-order valence-corrected chi connectivity index (χ0v) is 17.4. The monoisotopic (exact) mass is 430 g/mol. The van der Waals surface area contributed by atoms with Crippen LogP contribution in [0.15, 0.2) is 42.5 Å². The number of carbonyl (C=O) groups excluding carboxylic acids is 1. The van der Waals surface area contributed by atoms with Crippen LogP contribution >= 0.6 is 23.2 Å². The number of halogens is 2. The summed E-state index contributed by atoms with van der Waals surface area (Å²) in [5, 5.41) is 3.29. The van der Waals surface area contributed by atoms with Gasteiger partial charge in [0.05, 0.1) is 35.1 Å². The van der Waals surface area contributed by atoms with E-state index < -0.39 is 15.9 Å². The Labute approximate surface area is 169 Å². The second-order valence-electron chi connectivity index (χ2n) is 5.93. The molecule has 1 unspecified atom stereocenters. The van der Waals surface area contributed by atoms with Crippen LogP contribution in [-0.2, 0) is 14.8 Å². The number of nitrogens with one attached hydrogen (secondary N) is 1. The molecule has 0 aliphatic carbocycles. The second-order valence-corrected chi connectivity index (χ2v) is 8.65. The molecule has 1 N–H and O–H groups in total. The van der Waals surface area contributed by atoms with Crippen molar-refractivity contribution in [1.82, 2.24) is 5.32 Å². The molecule has 0 spiro atoms. The van der Waals surface area contributed by atoms with Gasteiger partial charge in [-0.3, -0.25) is 9.10 Å². The Morgan fingerprint density at radius 1 is 1.15 bits per heavy atom. The molecule has 0 saturated heterocycles. The Hall–Kier alpha value is -1.96. The highest BCUT2D eigenvalue weighted by molar-refractivity contribution is 7.92. The van der Waals surface area contributed by atoms with Crippen LogP contribution in [0.3, 0.4) is 0 Å². The average molecular weight is 431 g/mol. The molecular formula is C18H20Cl2N2O4S. The van der Waals surface area contributed by atoms with Gasteiger partial charge < -0.3 is 10.1 Å². The fourth-order valence-electron chi connectivity index (χ4n) is 2.43. The number of hydrogen-bond acceptors (Lipinski definition) is 4. The van der Waals surface area contributed by atoms with Crippen molar-refractivity contribution in [1.29, 1.82) is 0 Å². The van der Waals surface area contributed by atoms with Crippen molar-refractivity contribution in [3.8, 4) is 5.75 Å². The molecule has 1 atom stereocenters. The number of methoxy groups -OCH3 is 1. The van der Waals surface area contributed by atoms with Gasteiger partial charge >= 0.3 is 0 Å². The number of rotatable bonds is 7. The van der Waals surface area contributed by atoms with Gasteiger partial charge in [0.15, 0.2) is 0 Å². The van der Waals surface area contributed by atoms with E-state index in [1.165, 1.54) is 18.2 Å². The first-order valence-electron chi connectivity index (χ1n) is 7.98. The molecule has 2 aromatic carbocycles. The van der Waals surface area contributed by atoms with Crippen molar-refractivity contribution in [3.63, 3.8) is 0 Å². The summed E-state index contributed by atoms with van der Waals surface area (Å²) in [6.07, 6.45) is 1.02. The minimum atomic E-state index is -3.70. The van der Waals surface area contributed by atoms with Crippen molar-refractivity contribution < 1.29 is 17.9 Å². The summed E-state index contributed by atoms with van der Waals surface area (Å²) < 4.78 is 30.4. The van der Waals surface area contributed by atoms with Gasteiger partial charge in [0.1, 0.15) is 12.3 Å². The first kappa shape index (κ1) is 21.3. The highest BCUT2D eigenvalue weighted by atomic mass is 35.5. The average Bonchev–Trinajstić information content (AvgIpc) is 2.61. The van der Waals surface area contributed by atoms with Crippen LogP contribution in [0.2, 0.25) is 10.0 Å². The van der Waals surface area contributed by atoms with Gasteiger partial charge in [-0.05, 0) is 42.8 Å². The van der Waals surface area contributed by atoms with Crippen molar-refractivity contribution in [2.75, 3.05) is 24.2 Å². The van der Waals surface area contributed by atoms with Crippen molar-refractivity contribution in [2.45, 2.75) is 13.0 Å². The SMILES string of the molecule is COc1ccc(C(C)NC(=O)CN(c2ccc(Cl)c(Cl)c2)S(C)(=O)=O)cc1. The van der Waals surface area contributed by atoms with Crippen LogP contribution in [0, 0.1) is 0 Å². The lowest BCUT2D eigenvalue weighted by atomic mass is 10.1. The summed E-state index contributed by atoms with van der Waals surface area (Å²) in [4.78, 5) is 12.4. The van der Waals surface area contributed by atoms with Gasteiger partial charge in [0.25, 0.3) is 0 Å². The van der Waals surface area contributed by atoms with Gasteiger partial charge in [-0.1, -0.05) is 35.3 Å². The largest absolute Gasteiger partial charge is 0.497 e. The molecule has 0 aliphatic rings. The molecule has 0 fully saturated rings. The lowest BCUT2D eigenvalue weighted by Gasteiger charge is -2.23. The maximum atomic E-state index is 12.4. The Balaban J connectivity index is 2.14. The molecule has 0 aliphatic heterocycles. The van der Waals surface area contributed by atoms with E-state index in [-0.39, 0.29) is 23.3 Å². The number of anilines is 1. The third-order valence-corrected chi connectivity index (χ3v) is 5.75. The number of hydrogen-bond donors (Lipinski definition) is 1. The third kappa shape index (κ3) is 5.76. The quantitative estimate of drug-likeness (QED) is 0.726. The first-order chi connectivity index (χ1) is 12.6. The molecule has 0 radical (unpaired) electrons. The van der Waals surface area contributed by atoms with Gasteiger partial charge in [-0.2, -0.15) is 0 Å². The van der Waals surface area contributed by atoms with Gasteiger partial charge in [-0.15, -0.1) is 0 Å². The van der Waals surface area contributed by atoms with E-state index in [0.29, 0.717) is 10.8 Å². The summed E-state index contributed by atoms with van der Waals surface area (Å²) in [6, 6.07) is 11.3. The molecule has 0 bridgehead atoms. The summed E-state index contributed by atoms with van der Waals surface area (Å²) in [6.45, 7) is 1.43. The lowest BCUT2D eigenvalue weighted by Crippen LogP contribution is -2.41. The van der Waals surface area contributed by atoms with Crippen molar-refractivity contribution in [3.05, 3.63) is 58.1 Å². The van der Waals surface area contributed by atoms with Crippen LogP contribution in [-0.4, -0.2) is 34.2 Å². The van der Waals surface area contributed by atoms with Gasteiger partial charge in [0.2, 0.25) is 15.9 Å². The normalized spacial score (nSPS) is 12.3. The summed E-state index contributed by atoms with van der Waals surface area (Å²) >= 11 is 11.8. The Bertz CT molecular complexity index is 917. The van der Waals surface area contributed by atoms with Gasteiger partial charge in [0, 0.05) is 0 Å². The summed E-state index contributed by atoms with van der Waals surface area (Å²) in [5.74, 6) is 0.259. The van der Waals surface area contributed by atoms with Crippen LogP contribution < -0.4 is 14.4 Å². The Kier molecular flexibility index (Phi) is 6.97. The molecule has 0 aromatic heterocycles. The number of carbonyl (C=O) groups is 1. The van der Waals surface area contributed by atoms with E-state index in [4.69, 9.17) is 27.9 Å². The Morgan fingerprint density at radius 3 is 2.30 bits per heavy atom. The van der Waals surface area contributed by atoms with E-state index in [1.54, 1.807) is 19.2 Å². The fraction of sp³-hybridized carbons (Fsp3) is 0.278. The number of nitrogens with zero attached hydrogens (tertiary/aromatic N) is 1. The molecule has 2 rings (SSSR count). The molecule has 1 amide bonds. The lowest BCUT2D eigenvalue weighted by molar-refractivity contribution is -0.120. The maximum Gasteiger partial charge on any atom is 0.241 e. The van der Waals surface area contributed by atoms with E-state index in [2.05, 4.69) is 5.32 Å². The van der Waals surface area contributed by atoms with Crippen LogP contribution in [0.5, 0.6) is 5.75 Å². The predicted molar refractivity (Wildman–Crippen MR) is 108 cm³/mol. The molecule has 2 aromatic rings. The number of ether oxygens (including phenoxy) is 1.